The summed E-state index contributed by atoms with van der Waals surface area (Å²) in [4.78, 5) is 23.6. The maximum atomic E-state index is 12.7. The summed E-state index contributed by atoms with van der Waals surface area (Å²) in [7, 11) is -2.32. The predicted molar refractivity (Wildman–Crippen MR) is 90.2 cm³/mol. The number of carbonyl (C=O) groups is 2. The molecule has 3 N–H and O–H groups in total. The van der Waals surface area contributed by atoms with Gasteiger partial charge >= 0.3 is 0 Å². The van der Waals surface area contributed by atoms with Crippen LogP contribution in [0.5, 0.6) is 5.75 Å². The van der Waals surface area contributed by atoms with Gasteiger partial charge in [-0.05, 0) is 55.6 Å². The molecule has 0 heterocycles. The van der Waals surface area contributed by atoms with E-state index in [0.717, 1.165) is 0 Å². The first-order valence-electron chi connectivity index (χ1n) is 7.33. The average Bonchev–Trinajstić information content (AvgIpc) is 2.65. The van der Waals surface area contributed by atoms with E-state index in [1.54, 1.807) is 0 Å². The summed E-state index contributed by atoms with van der Waals surface area (Å²) >= 11 is 0. The van der Waals surface area contributed by atoms with E-state index in [1.165, 1.54) is 55.6 Å². The second-order valence-electron chi connectivity index (χ2n) is 4.98. The molecule has 0 saturated heterocycles. The number of halogens is 1. The van der Waals surface area contributed by atoms with Crippen LogP contribution in [-0.2, 0) is 14.8 Å². The summed E-state index contributed by atoms with van der Waals surface area (Å²) in [6.45, 7) is -0.384. The second-order valence-corrected chi connectivity index (χ2v) is 6.86. The summed E-state index contributed by atoms with van der Waals surface area (Å²) in [6, 6.07) is 10.2. The molecule has 2 aromatic rings. The van der Waals surface area contributed by atoms with Crippen molar-refractivity contribution in [1.82, 2.24) is 15.6 Å². The molecule has 0 aliphatic carbocycles. The fraction of sp³-hybridized carbons (Fsp3) is 0.125. The zero-order valence-corrected chi connectivity index (χ0v) is 14.5. The number of hydrazine groups is 1. The van der Waals surface area contributed by atoms with E-state index in [1.807, 2.05) is 0 Å². The first-order valence-corrected chi connectivity index (χ1v) is 8.81. The Hall–Kier alpha value is -2.98. The topological polar surface area (TPSA) is 114 Å². The minimum absolute atomic E-state index is 0.00767. The zero-order valence-electron chi connectivity index (χ0n) is 13.7. The van der Waals surface area contributed by atoms with Gasteiger partial charge < -0.3 is 4.74 Å². The Morgan fingerprint density at radius 2 is 1.62 bits per heavy atom. The van der Waals surface area contributed by atoms with Crippen LogP contribution in [0.4, 0.5) is 4.39 Å². The van der Waals surface area contributed by atoms with Crippen molar-refractivity contribution < 1.29 is 27.1 Å². The number of sulfonamides is 1. The van der Waals surface area contributed by atoms with Gasteiger partial charge in [0.2, 0.25) is 10.0 Å². The summed E-state index contributed by atoms with van der Waals surface area (Å²) in [5.74, 6) is -1.39. The van der Waals surface area contributed by atoms with Gasteiger partial charge in [0.25, 0.3) is 11.8 Å². The number of carbonyl (C=O) groups excluding carboxylic acids is 2. The SMILES string of the molecule is CNS(=O)(=O)c1ccc(C(=O)NNC(=O)COc2ccc(F)cc2)cc1. The Labute approximate surface area is 149 Å². The molecule has 0 bridgehead atoms. The van der Waals surface area contributed by atoms with Crippen LogP contribution in [0.15, 0.2) is 53.4 Å². The summed E-state index contributed by atoms with van der Waals surface area (Å²) < 4.78 is 43.2. The summed E-state index contributed by atoms with van der Waals surface area (Å²) in [6.07, 6.45) is 0. The molecule has 0 fully saturated rings. The molecule has 26 heavy (non-hydrogen) atoms. The van der Waals surface area contributed by atoms with Crippen molar-refractivity contribution in [2.45, 2.75) is 4.90 Å². The lowest BCUT2D eigenvalue weighted by Gasteiger charge is -2.09. The van der Waals surface area contributed by atoms with E-state index < -0.39 is 27.7 Å². The highest BCUT2D eigenvalue weighted by molar-refractivity contribution is 7.89. The van der Waals surface area contributed by atoms with E-state index in [0.29, 0.717) is 5.75 Å². The van der Waals surface area contributed by atoms with Crippen LogP contribution in [0.3, 0.4) is 0 Å². The van der Waals surface area contributed by atoms with Crippen LogP contribution in [-0.4, -0.2) is 33.9 Å². The van der Waals surface area contributed by atoms with Crippen molar-refractivity contribution in [3.05, 3.63) is 59.9 Å². The zero-order chi connectivity index (χ0) is 19.2. The van der Waals surface area contributed by atoms with Crippen molar-refractivity contribution in [1.29, 1.82) is 0 Å². The number of hydrogen-bond donors (Lipinski definition) is 3. The predicted octanol–water partition coefficient (Wildman–Crippen LogP) is 0.574. The monoisotopic (exact) mass is 381 g/mol. The minimum Gasteiger partial charge on any atom is -0.484 e. The standard InChI is InChI=1S/C16H16FN3O5S/c1-18-26(23,24)14-8-2-11(3-9-14)16(22)20-19-15(21)10-25-13-6-4-12(17)5-7-13/h2-9,18H,10H2,1H3,(H,19,21)(H,20,22). The van der Waals surface area contributed by atoms with Gasteiger partial charge in [-0.3, -0.25) is 20.4 Å². The molecule has 138 valence electrons. The number of benzene rings is 2. The van der Waals surface area contributed by atoms with Crippen LogP contribution in [0.2, 0.25) is 0 Å². The van der Waals surface area contributed by atoms with E-state index in [4.69, 9.17) is 4.74 Å². The molecule has 0 radical (unpaired) electrons. The molecule has 2 amide bonds. The number of rotatable bonds is 6. The summed E-state index contributed by atoms with van der Waals surface area (Å²) in [5.41, 5.74) is 4.48. The van der Waals surface area contributed by atoms with Crippen molar-refractivity contribution >= 4 is 21.8 Å². The third kappa shape index (κ3) is 5.26. The van der Waals surface area contributed by atoms with Gasteiger partial charge in [-0.2, -0.15) is 0 Å². The quantitative estimate of drug-likeness (QED) is 0.633. The summed E-state index contributed by atoms with van der Waals surface area (Å²) in [5, 5.41) is 0. The van der Waals surface area contributed by atoms with Gasteiger partial charge in [-0.1, -0.05) is 0 Å². The van der Waals surface area contributed by atoms with Crippen molar-refractivity contribution in [2.75, 3.05) is 13.7 Å². The number of ether oxygens (including phenoxy) is 1. The van der Waals surface area contributed by atoms with Crippen molar-refractivity contribution in [2.24, 2.45) is 0 Å². The molecular formula is C16H16FN3O5S. The van der Waals surface area contributed by atoms with Crippen LogP contribution in [0, 0.1) is 5.82 Å². The number of nitrogens with one attached hydrogen (secondary N) is 3. The third-order valence-corrected chi connectivity index (χ3v) is 4.62. The smallest absolute Gasteiger partial charge is 0.276 e. The highest BCUT2D eigenvalue weighted by atomic mass is 32.2. The van der Waals surface area contributed by atoms with Gasteiger partial charge in [0, 0.05) is 5.56 Å². The molecule has 2 aromatic carbocycles. The first kappa shape index (κ1) is 19.3. The van der Waals surface area contributed by atoms with Crippen molar-refractivity contribution in [3.8, 4) is 5.75 Å². The fourth-order valence-corrected chi connectivity index (χ4v) is 2.55. The third-order valence-electron chi connectivity index (χ3n) is 3.19. The normalized spacial score (nSPS) is 10.8. The Balaban J connectivity index is 1.84. The van der Waals surface area contributed by atoms with Crippen LogP contribution < -0.4 is 20.3 Å². The van der Waals surface area contributed by atoms with Gasteiger partial charge in [0.1, 0.15) is 11.6 Å². The van der Waals surface area contributed by atoms with Gasteiger partial charge in [-0.15, -0.1) is 0 Å². The second kappa shape index (κ2) is 8.41. The lowest BCUT2D eigenvalue weighted by Crippen LogP contribution is -2.43. The molecule has 0 aromatic heterocycles. The molecule has 0 unspecified atom stereocenters. The lowest BCUT2D eigenvalue weighted by atomic mass is 10.2. The van der Waals surface area contributed by atoms with Crippen LogP contribution >= 0.6 is 0 Å². The van der Waals surface area contributed by atoms with E-state index >= 15 is 0 Å². The Morgan fingerprint density at radius 1 is 1.00 bits per heavy atom. The lowest BCUT2D eigenvalue weighted by molar-refractivity contribution is -0.123. The average molecular weight is 381 g/mol. The van der Waals surface area contributed by atoms with E-state index in [-0.39, 0.29) is 17.1 Å². The van der Waals surface area contributed by atoms with Gasteiger partial charge in [-0.25, -0.2) is 17.5 Å². The first-order chi connectivity index (χ1) is 12.3. The number of hydrogen-bond acceptors (Lipinski definition) is 5. The van der Waals surface area contributed by atoms with Crippen LogP contribution in [0.25, 0.3) is 0 Å². The fourth-order valence-electron chi connectivity index (χ4n) is 1.82. The highest BCUT2D eigenvalue weighted by Crippen LogP contribution is 2.11. The molecule has 0 saturated carbocycles. The van der Waals surface area contributed by atoms with Gasteiger partial charge in [0.05, 0.1) is 4.90 Å². The minimum atomic E-state index is -3.59. The maximum absolute atomic E-state index is 12.7. The van der Waals surface area contributed by atoms with Crippen molar-refractivity contribution in [3.63, 3.8) is 0 Å². The van der Waals surface area contributed by atoms with Crippen LogP contribution in [0.1, 0.15) is 10.4 Å². The molecule has 0 atom stereocenters. The number of amides is 2. The molecule has 0 aliphatic rings. The Morgan fingerprint density at radius 3 is 2.19 bits per heavy atom. The maximum Gasteiger partial charge on any atom is 0.276 e. The van der Waals surface area contributed by atoms with E-state index in [9.17, 15) is 22.4 Å². The molecule has 0 spiro atoms. The highest BCUT2D eigenvalue weighted by Gasteiger charge is 2.13. The largest absolute Gasteiger partial charge is 0.484 e. The van der Waals surface area contributed by atoms with Gasteiger partial charge in [0.15, 0.2) is 6.61 Å². The molecule has 10 heteroatoms. The molecule has 2 rings (SSSR count). The molecule has 8 nitrogen and oxygen atoms in total. The molecular weight excluding hydrogens is 365 g/mol. The Bertz CT molecular complexity index is 883. The Kier molecular flexibility index (Phi) is 6.26. The molecule has 0 aliphatic heterocycles. The van der Waals surface area contributed by atoms with E-state index in [2.05, 4.69) is 15.6 Å².